The molecule has 0 aliphatic heterocycles. The van der Waals surface area contributed by atoms with Crippen LogP contribution in [0.5, 0.6) is 0 Å². The maximum absolute atomic E-state index is 12.0. The zero-order valence-corrected chi connectivity index (χ0v) is 14.4. The quantitative estimate of drug-likeness (QED) is 0.387. The normalized spacial score (nSPS) is 13.2. The second-order valence-corrected chi connectivity index (χ2v) is 5.55. The third-order valence-electron chi connectivity index (χ3n) is 3.33. The maximum Gasteiger partial charge on any atom is 0.328 e. The number of ether oxygens (including phenoxy) is 3. The second kappa shape index (κ2) is 9.81. The van der Waals surface area contributed by atoms with Crippen molar-refractivity contribution in [2.75, 3.05) is 21.3 Å². The van der Waals surface area contributed by atoms with Crippen LogP contribution in [0.1, 0.15) is 27.2 Å². The van der Waals surface area contributed by atoms with Gasteiger partial charge in [0.1, 0.15) is 6.04 Å². The highest BCUT2D eigenvalue weighted by atomic mass is 16.5. The van der Waals surface area contributed by atoms with Gasteiger partial charge in [-0.3, -0.25) is 14.4 Å². The van der Waals surface area contributed by atoms with Crippen LogP contribution < -0.4 is 5.32 Å². The molecule has 23 heavy (non-hydrogen) atoms. The Morgan fingerprint density at radius 1 is 0.826 bits per heavy atom. The first-order chi connectivity index (χ1) is 10.7. The molecular formula is C15H25NO7. The molecule has 0 aromatic rings. The van der Waals surface area contributed by atoms with E-state index in [2.05, 4.69) is 19.5 Å². The van der Waals surface area contributed by atoms with Crippen molar-refractivity contribution < 1.29 is 33.4 Å². The first kappa shape index (κ1) is 20.9. The third kappa shape index (κ3) is 6.25. The fraction of sp³-hybridized carbons (Fsp3) is 0.733. The fourth-order valence-electron chi connectivity index (χ4n) is 2.11. The van der Waals surface area contributed by atoms with Crippen molar-refractivity contribution in [3.63, 3.8) is 0 Å². The molecule has 0 fully saturated rings. The summed E-state index contributed by atoms with van der Waals surface area (Å²) in [5, 5.41) is 2.51. The standard InChI is InChI=1S/C15H25NO7/c1-8(2)7-10(17)16-12(15(20)23-6)9(3)11(13(18)21-4)14(19)22-5/h8-9,11-12H,7H2,1-6H3,(H,16,17)/t9-,12-/m1/s1. The summed E-state index contributed by atoms with van der Waals surface area (Å²) in [7, 11) is 3.40. The van der Waals surface area contributed by atoms with Crippen LogP contribution in [-0.4, -0.2) is 51.2 Å². The average Bonchev–Trinajstić information content (AvgIpc) is 2.50. The predicted octanol–water partition coefficient (Wildman–Crippen LogP) is 0.289. The Morgan fingerprint density at radius 3 is 1.61 bits per heavy atom. The van der Waals surface area contributed by atoms with E-state index in [-0.39, 0.29) is 18.2 Å². The number of amides is 1. The topological polar surface area (TPSA) is 108 Å². The molecule has 0 heterocycles. The van der Waals surface area contributed by atoms with Crippen LogP contribution in [0.3, 0.4) is 0 Å². The van der Waals surface area contributed by atoms with Crippen LogP contribution in [0.15, 0.2) is 0 Å². The Labute approximate surface area is 135 Å². The highest BCUT2D eigenvalue weighted by Crippen LogP contribution is 2.20. The number of carbonyl (C=O) groups is 4. The van der Waals surface area contributed by atoms with Crippen LogP contribution in [0, 0.1) is 17.8 Å². The summed E-state index contributed by atoms with van der Waals surface area (Å²) in [5.41, 5.74) is 0. The van der Waals surface area contributed by atoms with Crippen LogP contribution >= 0.6 is 0 Å². The van der Waals surface area contributed by atoms with Crippen molar-refractivity contribution in [1.82, 2.24) is 5.32 Å². The molecule has 8 heteroatoms. The van der Waals surface area contributed by atoms with Gasteiger partial charge in [0.15, 0.2) is 5.92 Å². The smallest absolute Gasteiger partial charge is 0.328 e. The van der Waals surface area contributed by atoms with Gasteiger partial charge in [0, 0.05) is 12.3 Å². The molecule has 0 saturated carbocycles. The lowest BCUT2D eigenvalue weighted by Crippen LogP contribution is -2.51. The van der Waals surface area contributed by atoms with Gasteiger partial charge in [-0.1, -0.05) is 20.8 Å². The molecule has 8 nitrogen and oxygen atoms in total. The zero-order chi connectivity index (χ0) is 18.2. The van der Waals surface area contributed by atoms with E-state index in [1.807, 2.05) is 13.8 Å². The van der Waals surface area contributed by atoms with E-state index in [0.29, 0.717) is 0 Å². The molecule has 0 aromatic heterocycles. The van der Waals surface area contributed by atoms with Gasteiger partial charge in [0.2, 0.25) is 5.91 Å². The minimum Gasteiger partial charge on any atom is -0.468 e. The number of esters is 3. The van der Waals surface area contributed by atoms with Gasteiger partial charge in [-0.2, -0.15) is 0 Å². The molecular weight excluding hydrogens is 306 g/mol. The van der Waals surface area contributed by atoms with Gasteiger partial charge in [-0.25, -0.2) is 4.79 Å². The number of nitrogens with one attached hydrogen (secondary N) is 1. The molecule has 0 radical (unpaired) electrons. The molecule has 0 saturated heterocycles. The van der Waals surface area contributed by atoms with Gasteiger partial charge in [0.25, 0.3) is 0 Å². The van der Waals surface area contributed by atoms with Gasteiger partial charge >= 0.3 is 17.9 Å². The lowest BCUT2D eigenvalue weighted by molar-refractivity contribution is -0.163. The number of rotatable bonds is 8. The predicted molar refractivity (Wildman–Crippen MR) is 80.1 cm³/mol. The Kier molecular flexibility index (Phi) is 8.90. The number of hydrogen-bond acceptors (Lipinski definition) is 7. The Bertz CT molecular complexity index is 431. The first-order valence-corrected chi connectivity index (χ1v) is 7.22. The van der Waals surface area contributed by atoms with Crippen molar-refractivity contribution in [3.05, 3.63) is 0 Å². The molecule has 2 atom stereocenters. The van der Waals surface area contributed by atoms with Gasteiger partial charge < -0.3 is 19.5 Å². The second-order valence-electron chi connectivity index (χ2n) is 5.55. The van der Waals surface area contributed by atoms with E-state index < -0.39 is 35.8 Å². The van der Waals surface area contributed by atoms with Gasteiger partial charge in [-0.05, 0) is 5.92 Å². The summed E-state index contributed by atoms with van der Waals surface area (Å²) < 4.78 is 13.8. The largest absolute Gasteiger partial charge is 0.468 e. The fourth-order valence-corrected chi connectivity index (χ4v) is 2.11. The lowest BCUT2D eigenvalue weighted by atomic mass is 9.87. The summed E-state index contributed by atoms with van der Waals surface area (Å²) >= 11 is 0. The van der Waals surface area contributed by atoms with Gasteiger partial charge in [0.05, 0.1) is 21.3 Å². The average molecular weight is 331 g/mol. The number of hydrogen-bond donors (Lipinski definition) is 1. The summed E-state index contributed by atoms with van der Waals surface area (Å²) in [5.74, 6) is -5.01. The van der Waals surface area contributed by atoms with E-state index in [4.69, 9.17) is 0 Å². The molecule has 132 valence electrons. The van der Waals surface area contributed by atoms with Gasteiger partial charge in [-0.15, -0.1) is 0 Å². The Morgan fingerprint density at radius 2 is 1.26 bits per heavy atom. The van der Waals surface area contributed by atoms with Crippen LogP contribution in [-0.2, 0) is 33.4 Å². The monoisotopic (exact) mass is 331 g/mol. The Balaban J connectivity index is 5.42. The van der Waals surface area contributed by atoms with Crippen LogP contribution in [0.4, 0.5) is 0 Å². The van der Waals surface area contributed by atoms with Crippen molar-refractivity contribution in [2.45, 2.75) is 33.2 Å². The molecule has 0 aliphatic carbocycles. The molecule has 0 unspecified atom stereocenters. The van der Waals surface area contributed by atoms with Crippen molar-refractivity contribution in [2.24, 2.45) is 17.8 Å². The zero-order valence-electron chi connectivity index (χ0n) is 14.4. The highest BCUT2D eigenvalue weighted by Gasteiger charge is 2.42. The van der Waals surface area contributed by atoms with Crippen molar-refractivity contribution in [1.29, 1.82) is 0 Å². The minimum absolute atomic E-state index is 0.0839. The summed E-state index contributed by atoms with van der Waals surface area (Å²) in [6.07, 6.45) is 0.196. The highest BCUT2D eigenvalue weighted by molar-refractivity contribution is 5.96. The van der Waals surface area contributed by atoms with Crippen LogP contribution in [0.2, 0.25) is 0 Å². The van der Waals surface area contributed by atoms with E-state index in [1.165, 1.54) is 6.92 Å². The molecule has 0 aliphatic rings. The van der Waals surface area contributed by atoms with Crippen LogP contribution in [0.25, 0.3) is 0 Å². The third-order valence-corrected chi connectivity index (χ3v) is 3.33. The van der Waals surface area contributed by atoms with E-state index in [1.54, 1.807) is 0 Å². The first-order valence-electron chi connectivity index (χ1n) is 7.22. The molecule has 0 rings (SSSR count). The summed E-state index contributed by atoms with van der Waals surface area (Å²) in [6.45, 7) is 5.17. The van der Waals surface area contributed by atoms with E-state index in [0.717, 1.165) is 21.3 Å². The summed E-state index contributed by atoms with van der Waals surface area (Å²) in [4.78, 5) is 47.6. The molecule has 1 N–H and O–H groups in total. The minimum atomic E-state index is -1.35. The molecule has 1 amide bonds. The lowest BCUT2D eigenvalue weighted by Gasteiger charge is -2.27. The number of carbonyl (C=O) groups excluding carboxylic acids is 4. The maximum atomic E-state index is 12.0. The van der Waals surface area contributed by atoms with Crippen molar-refractivity contribution in [3.8, 4) is 0 Å². The number of methoxy groups -OCH3 is 3. The van der Waals surface area contributed by atoms with E-state index >= 15 is 0 Å². The SMILES string of the molecule is COC(=O)C(C(=O)OC)[C@@H](C)[C@@H](NC(=O)CC(C)C)C(=O)OC. The van der Waals surface area contributed by atoms with Crippen molar-refractivity contribution >= 4 is 23.8 Å². The molecule has 0 aromatic carbocycles. The Hall–Kier alpha value is -2.12. The molecule has 0 spiro atoms. The summed E-state index contributed by atoms with van der Waals surface area (Å²) in [6, 6.07) is -1.17. The molecule has 0 bridgehead atoms. The van der Waals surface area contributed by atoms with E-state index in [9.17, 15) is 19.2 Å².